The van der Waals surface area contributed by atoms with Crippen LogP contribution in [0.2, 0.25) is 0 Å². The maximum Gasteiger partial charge on any atom is 0.123 e. The molecule has 0 aliphatic rings. The number of nitrogens with zero attached hydrogens (tertiary/aromatic N) is 1. The number of benzene rings is 3. The van der Waals surface area contributed by atoms with Crippen molar-refractivity contribution in [2.75, 3.05) is 7.11 Å². The lowest BCUT2D eigenvalue weighted by Gasteiger charge is -2.07. The van der Waals surface area contributed by atoms with Gasteiger partial charge in [0.05, 0.1) is 19.9 Å². The highest BCUT2D eigenvalue weighted by Gasteiger charge is 1.99. The molecule has 4 heteroatoms. The maximum absolute atomic E-state index is 5.78. The minimum atomic E-state index is 0.564. The molecule has 4 nitrogen and oxygen atoms in total. The number of hydrazone groups is 1. The van der Waals surface area contributed by atoms with Crippen molar-refractivity contribution in [1.29, 1.82) is 0 Å². The predicted molar refractivity (Wildman–Crippen MR) is 105 cm³/mol. The average Bonchev–Trinajstić information content (AvgIpc) is 2.71. The number of ether oxygens (including phenoxy) is 2. The molecule has 0 aliphatic heterocycles. The topological polar surface area (TPSA) is 42.8 Å². The first kappa shape index (κ1) is 17.5. The van der Waals surface area contributed by atoms with E-state index in [1.807, 2.05) is 66.7 Å². The van der Waals surface area contributed by atoms with E-state index < -0.39 is 0 Å². The zero-order valence-corrected chi connectivity index (χ0v) is 14.8. The lowest BCUT2D eigenvalue weighted by atomic mass is 10.2. The molecule has 0 heterocycles. The second kappa shape index (κ2) is 9.28. The van der Waals surface area contributed by atoms with Crippen molar-refractivity contribution >= 4 is 6.21 Å². The van der Waals surface area contributed by atoms with Gasteiger partial charge >= 0.3 is 0 Å². The van der Waals surface area contributed by atoms with Gasteiger partial charge in [-0.2, -0.15) is 5.10 Å². The standard InChI is InChI=1S/C22H22N2O2/c1-25-22-10-6-5-9-20(22)16-24-23-15-18-11-13-21(14-12-18)26-17-19-7-3-2-4-8-19/h2-15,24H,16-17H2,1H3/b23-15+. The van der Waals surface area contributed by atoms with E-state index >= 15 is 0 Å². The predicted octanol–water partition coefficient (Wildman–Crippen LogP) is 4.40. The highest BCUT2D eigenvalue weighted by molar-refractivity contribution is 5.79. The number of hydrogen-bond donors (Lipinski definition) is 1. The Balaban J connectivity index is 1.48. The van der Waals surface area contributed by atoms with E-state index in [9.17, 15) is 0 Å². The van der Waals surface area contributed by atoms with Crippen molar-refractivity contribution in [1.82, 2.24) is 5.43 Å². The van der Waals surface area contributed by atoms with Gasteiger partial charge in [0.25, 0.3) is 0 Å². The molecule has 26 heavy (non-hydrogen) atoms. The van der Waals surface area contributed by atoms with Crippen molar-refractivity contribution in [3.63, 3.8) is 0 Å². The normalized spacial score (nSPS) is 10.7. The number of para-hydroxylation sites is 1. The van der Waals surface area contributed by atoms with Gasteiger partial charge in [-0.25, -0.2) is 0 Å². The quantitative estimate of drug-likeness (QED) is 0.486. The molecule has 0 saturated carbocycles. The summed E-state index contributed by atoms with van der Waals surface area (Å²) in [5.41, 5.74) is 6.27. The molecular formula is C22H22N2O2. The Bertz CT molecular complexity index is 830. The fourth-order valence-electron chi connectivity index (χ4n) is 2.49. The second-order valence-corrected chi connectivity index (χ2v) is 5.75. The summed E-state index contributed by atoms with van der Waals surface area (Å²) >= 11 is 0. The molecule has 0 aromatic heterocycles. The van der Waals surface area contributed by atoms with Gasteiger partial charge in [-0.1, -0.05) is 48.5 Å². The smallest absolute Gasteiger partial charge is 0.123 e. The molecule has 0 saturated heterocycles. The zero-order chi connectivity index (χ0) is 18.0. The summed E-state index contributed by atoms with van der Waals surface area (Å²) in [6.07, 6.45) is 1.79. The highest BCUT2D eigenvalue weighted by atomic mass is 16.5. The summed E-state index contributed by atoms with van der Waals surface area (Å²) in [6, 6.07) is 25.9. The Morgan fingerprint density at radius 3 is 2.38 bits per heavy atom. The largest absolute Gasteiger partial charge is 0.496 e. The summed E-state index contributed by atoms with van der Waals surface area (Å²) in [6.45, 7) is 1.17. The fourth-order valence-corrected chi connectivity index (χ4v) is 2.49. The van der Waals surface area contributed by atoms with Crippen LogP contribution >= 0.6 is 0 Å². The molecule has 0 aliphatic carbocycles. The number of rotatable bonds is 8. The third-order valence-corrected chi connectivity index (χ3v) is 3.90. The van der Waals surface area contributed by atoms with Crippen molar-refractivity contribution in [2.24, 2.45) is 5.10 Å². The molecule has 0 radical (unpaired) electrons. The van der Waals surface area contributed by atoms with Gasteiger partial charge < -0.3 is 14.9 Å². The Morgan fingerprint density at radius 2 is 1.62 bits per heavy atom. The number of nitrogens with one attached hydrogen (secondary N) is 1. The van der Waals surface area contributed by atoms with Gasteiger partial charge in [0, 0.05) is 5.56 Å². The molecule has 0 spiro atoms. The number of hydrogen-bond acceptors (Lipinski definition) is 4. The van der Waals surface area contributed by atoms with E-state index in [2.05, 4.69) is 22.7 Å². The fraction of sp³-hybridized carbons (Fsp3) is 0.136. The molecule has 3 aromatic rings. The summed E-state index contributed by atoms with van der Waals surface area (Å²) in [5, 5.41) is 4.26. The lowest BCUT2D eigenvalue weighted by molar-refractivity contribution is 0.306. The second-order valence-electron chi connectivity index (χ2n) is 5.75. The monoisotopic (exact) mass is 346 g/mol. The summed E-state index contributed by atoms with van der Waals surface area (Å²) in [4.78, 5) is 0. The minimum Gasteiger partial charge on any atom is -0.496 e. The Hall–Kier alpha value is -3.27. The first-order valence-electron chi connectivity index (χ1n) is 8.50. The van der Waals surface area contributed by atoms with E-state index in [-0.39, 0.29) is 0 Å². The molecule has 0 fully saturated rings. The molecule has 0 atom stereocenters. The van der Waals surface area contributed by atoms with Gasteiger partial charge in [-0.15, -0.1) is 0 Å². The average molecular weight is 346 g/mol. The molecule has 0 amide bonds. The molecule has 132 valence electrons. The van der Waals surface area contributed by atoms with Crippen LogP contribution in [0.25, 0.3) is 0 Å². The van der Waals surface area contributed by atoms with Gasteiger partial charge in [-0.3, -0.25) is 0 Å². The van der Waals surface area contributed by atoms with Crippen LogP contribution in [0, 0.1) is 0 Å². The van der Waals surface area contributed by atoms with E-state index in [1.165, 1.54) is 0 Å². The maximum atomic E-state index is 5.78. The van der Waals surface area contributed by atoms with Crippen LogP contribution in [-0.4, -0.2) is 13.3 Å². The van der Waals surface area contributed by atoms with Gasteiger partial charge in [0.1, 0.15) is 18.1 Å². The van der Waals surface area contributed by atoms with E-state index in [0.29, 0.717) is 13.2 Å². The van der Waals surface area contributed by atoms with Gasteiger partial charge in [0.2, 0.25) is 0 Å². The summed E-state index contributed by atoms with van der Waals surface area (Å²) in [5.74, 6) is 1.70. The van der Waals surface area contributed by atoms with Crippen molar-refractivity contribution in [2.45, 2.75) is 13.2 Å². The molecule has 0 unspecified atom stereocenters. The SMILES string of the molecule is COc1ccccc1CN/N=C/c1ccc(OCc2ccccc2)cc1. The zero-order valence-electron chi connectivity index (χ0n) is 14.8. The van der Waals surface area contributed by atoms with E-state index in [1.54, 1.807) is 13.3 Å². The minimum absolute atomic E-state index is 0.564. The molecule has 0 bridgehead atoms. The molecule has 3 aromatic carbocycles. The van der Waals surface area contributed by atoms with Crippen LogP contribution in [0.15, 0.2) is 84.0 Å². The van der Waals surface area contributed by atoms with Crippen LogP contribution in [0.5, 0.6) is 11.5 Å². The van der Waals surface area contributed by atoms with E-state index in [0.717, 1.165) is 28.2 Å². The molecule has 1 N–H and O–H groups in total. The van der Waals surface area contributed by atoms with Crippen molar-refractivity contribution < 1.29 is 9.47 Å². The highest BCUT2D eigenvalue weighted by Crippen LogP contribution is 2.16. The van der Waals surface area contributed by atoms with E-state index in [4.69, 9.17) is 9.47 Å². The Labute approximate surface area is 154 Å². The van der Waals surface area contributed by atoms with Crippen LogP contribution in [-0.2, 0) is 13.2 Å². The van der Waals surface area contributed by atoms with Gasteiger partial charge in [-0.05, 0) is 41.5 Å². The Morgan fingerprint density at radius 1 is 0.885 bits per heavy atom. The first-order chi connectivity index (χ1) is 12.8. The number of methoxy groups -OCH3 is 1. The van der Waals surface area contributed by atoms with Crippen LogP contribution in [0.4, 0.5) is 0 Å². The summed E-state index contributed by atoms with van der Waals surface area (Å²) in [7, 11) is 1.67. The molecular weight excluding hydrogens is 324 g/mol. The van der Waals surface area contributed by atoms with Crippen molar-refractivity contribution in [3.05, 3.63) is 95.6 Å². The van der Waals surface area contributed by atoms with Crippen LogP contribution in [0.1, 0.15) is 16.7 Å². The lowest BCUT2D eigenvalue weighted by Crippen LogP contribution is -2.06. The van der Waals surface area contributed by atoms with Crippen LogP contribution < -0.4 is 14.9 Å². The van der Waals surface area contributed by atoms with Gasteiger partial charge in [0.15, 0.2) is 0 Å². The third kappa shape index (κ3) is 5.11. The van der Waals surface area contributed by atoms with Crippen molar-refractivity contribution in [3.8, 4) is 11.5 Å². The summed E-state index contributed by atoms with van der Waals surface area (Å²) < 4.78 is 11.1. The molecule has 3 rings (SSSR count). The Kier molecular flexibility index (Phi) is 6.26. The third-order valence-electron chi connectivity index (χ3n) is 3.90. The first-order valence-corrected chi connectivity index (χ1v) is 8.50. The van der Waals surface area contributed by atoms with Crippen LogP contribution in [0.3, 0.4) is 0 Å².